The number of imide groups is 2. The Hall–Kier alpha value is -3.88. The van der Waals surface area contributed by atoms with Crippen molar-refractivity contribution < 1.29 is 28.3 Å². The van der Waals surface area contributed by atoms with Crippen LogP contribution < -0.4 is 10.6 Å². The molecular weight excluding hydrogens is 471 g/mol. The predicted molar refractivity (Wildman–Crippen MR) is 119 cm³/mol. The largest absolute Gasteiger partial charge is 0.457 e. The highest BCUT2D eigenvalue weighted by Crippen LogP contribution is 2.28. The summed E-state index contributed by atoms with van der Waals surface area (Å²) in [4.78, 5) is 47.5. The maximum absolute atomic E-state index is 12.6. The summed E-state index contributed by atoms with van der Waals surface area (Å²) in [5.41, 5.74) is 1.01. The molecule has 1 fully saturated rings. The molecule has 1 aliphatic heterocycles. The van der Waals surface area contributed by atoms with Gasteiger partial charge in [0.15, 0.2) is 0 Å². The smallest absolute Gasteiger partial charge is 0.340 e. The van der Waals surface area contributed by atoms with Crippen molar-refractivity contribution in [2.45, 2.75) is 6.61 Å². The van der Waals surface area contributed by atoms with E-state index in [9.17, 15) is 19.2 Å². The van der Waals surface area contributed by atoms with Gasteiger partial charge < -0.3 is 9.15 Å². The number of amides is 4. The van der Waals surface area contributed by atoms with Crippen LogP contribution in [0.1, 0.15) is 21.7 Å². The SMILES string of the molecule is O=C1NC(=O)C(=Cc2ccc(-c3ccc(Cl)c(C(=O)OCc4ccccc4Cl)c3)o2)C(=O)N1. The van der Waals surface area contributed by atoms with Gasteiger partial charge in [-0.15, -0.1) is 0 Å². The molecule has 166 valence electrons. The second kappa shape index (κ2) is 9.32. The van der Waals surface area contributed by atoms with E-state index in [1.807, 2.05) is 10.6 Å². The van der Waals surface area contributed by atoms with Crippen LogP contribution in [-0.4, -0.2) is 23.8 Å². The van der Waals surface area contributed by atoms with E-state index < -0.39 is 23.8 Å². The Bertz CT molecular complexity index is 1310. The fourth-order valence-corrected chi connectivity index (χ4v) is 3.39. The molecule has 0 aliphatic carbocycles. The van der Waals surface area contributed by atoms with E-state index in [-0.39, 0.29) is 28.5 Å². The molecular formula is C23H14Cl2N2O6. The van der Waals surface area contributed by atoms with E-state index in [2.05, 4.69) is 0 Å². The van der Waals surface area contributed by atoms with Gasteiger partial charge in [0.05, 0.1) is 10.6 Å². The van der Waals surface area contributed by atoms with Crippen LogP contribution in [0, 0.1) is 0 Å². The van der Waals surface area contributed by atoms with Crippen molar-refractivity contribution in [3.8, 4) is 11.3 Å². The topological polar surface area (TPSA) is 115 Å². The molecule has 4 rings (SSSR count). The zero-order chi connectivity index (χ0) is 23.5. The summed E-state index contributed by atoms with van der Waals surface area (Å²) < 4.78 is 11.0. The summed E-state index contributed by atoms with van der Waals surface area (Å²) in [5.74, 6) is -1.77. The lowest BCUT2D eigenvalue weighted by Gasteiger charge is -2.13. The van der Waals surface area contributed by atoms with Gasteiger partial charge in [0.2, 0.25) is 0 Å². The number of rotatable bonds is 5. The predicted octanol–water partition coefficient (Wildman–Crippen LogP) is 4.36. The molecule has 0 saturated carbocycles. The minimum atomic E-state index is -0.891. The van der Waals surface area contributed by atoms with Gasteiger partial charge in [-0.05, 0) is 42.5 Å². The number of hydrogen-bond donors (Lipinski definition) is 2. The number of urea groups is 1. The van der Waals surface area contributed by atoms with E-state index in [0.29, 0.717) is 21.9 Å². The molecule has 0 radical (unpaired) electrons. The van der Waals surface area contributed by atoms with Crippen LogP contribution in [0.5, 0.6) is 0 Å². The highest BCUT2D eigenvalue weighted by molar-refractivity contribution is 6.34. The standard InChI is InChI=1S/C23H14Cl2N2O6/c24-17-4-2-1-3-13(17)11-32-22(30)15-9-12(5-7-18(15)25)19-8-6-14(33-19)10-16-20(28)26-23(31)27-21(16)29/h1-10H,11H2,(H2,26,27,28,29,31). The van der Waals surface area contributed by atoms with Gasteiger partial charge in [-0.3, -0.25) is 20.2 Å². The first kappa shape index (κ1) is 22.3. The number of halogens is 2. The normalized spacial score (nSPS) is 13.4. The van der Waals surface area contributed by atoms with Crippen molar-refractivity contribution in [3.05, 3.63) is 87.1 Å². The summed E-state index contributed by atoms with van der Waals surface area (Å²) in [5, 5.41) is 4.63. The minimum Gasteiger partial charge on any atom is -0.457 e. The van der Waals surface area contributed by atoms with Crippen LogP contribution in [0.3, 0.4) is 0 Å². The molecule has 1 aromatic heterocycles. The summed E-state index contributed by atoms with van der Waals surface area (Å²) in [6.07, 6.45) is 1.20. The number of carbonyl (C=O) groups excluding carboxylic acids is 4. The summed E-state index contributed by atoms with van der Waals surface area (Å²) in [6.45, 7) is -0.0236. The molecule has 8 nitrogen and oxygen atoms in total. The fourth-order valence-electron chi connectivity index (χ4n) is 3.01. The Labute approximate surface area is 197 Å². The molecule has 33 heavy (non-hydrogen) atoms. The van der Waals surface area contributed by atoms with Crippen molar-refractivity contribution >= 4 is 53.1 Å². The van der Waals surface area contributed by atoms with Gasteiger partial charge in [0, 0.05) is 16.1 Å². The lowest BCUT2D eigenvalue weighted by Crippen LogP contribution is -2.51. The highest BCUT2D eigenvalue weighted by atomic mass is 35.5. The Balaban J connectivity index is 1.54. The number of furan rings is 1. The first-order chi connectivity index (χ1) is 15.8. The van der Waals surface area contributed by atoms with Gasteiger partial charge in [0.25, 0.3) is 11.8 Å². The van der Waals surface area contributed by atoms with Crippen LogP contribution in [-0.2, 0) is 20.9 Å². The summed E-state index contributed by atoms with van der Waals surface area (Å²) in [7, 11) is 0. The highest BCUT2D eigenvalue weighted by Gasteiger charge is 2.28. The molecule has 4 amide bonds. The van der Waals surface area contributed by atoms with E-state index in [1.165, 1.54) is 24.3 Å². The molecule has 3 aromatic rings. The average Bonchev–Trinajstić information content (AvgIpc) is 3.24. The molecule has 0 bridgehead atoms. The molecule has 0 unspecified atom stereocenters. The number of benzene rings is 2. The van der Waals surface area contributed by atoms with E-state index in [1.54, 1.807) is 36.4 Å². The van der Waals surface area contributed by atoms with E-state index in [4.69, 9.17) is 32.4 Å². The van der Waals surface area contributed by atoms with Gasteiger partial charge in [-0.25, -0.2) is 9.59 Å². The molecule has 2 aromatic carbocycles. The number of hydrogen-bond acceptors (Lipinski definition) is 6. The summed E-state index contributed by atoms with van der Waals surface area (Å²) >= 11 is 12.3. The third-order valence-corrected chi connectivity index (χ3v) is 5.34. The molecule has 2 N–H and O–H groups in total. The first-order valence-corrected chi connectivity index (χ1v) is 10.3. The maximum Gasteiger partial charge on any atom is 0.340 e. The third-order valence-electron chi connectivity index (χ3n) is 4.64. The maximum atomic E-state index is 12.6. The van der Waals surface area contributed by atoms with Gasteiger partial charge in [0.1, 0.15) is 23.7 Å². The van der Waals surface area contributed by atoms with Crippen LogP contribution in [0.25, 0.3) is 17.4 Å². The first-order valence-electron chi connectivity index (χ1n) is 9.50. The van der Waals surface area contributed by atoms with Gasteiger partial charge >= 0.3 is 12.0 Å². The lowest BCUT2D eigenvalue weighted by molar-refractivity contribution is -0.123. The Morgan fingerprint density at radius 1 is 0.939 bits per heavy atom. The quantitative estimate of drug-likeness (QED) is 0.315. The monoisotopic (exact) mass is 484 g/mol. The van der Waals surface area contributed by atoms with Crippen LogP contribution in [0.15, 0.2) is 64.6 Å². The van der Waals surface area contributed by atoms with Crippen molar-refractivity contribution in [2.75, 3.05) is 0 Å². The van der Waals surface area contributed by atoms with Crippen molar-refractivity contribution in [1.82, 2.24) is 10.6 Å². The average molecular weight is 485 g/mol. The fraction of sp³-hybridized carbons (Fsp3) is 0.0435. The molecule has 2 heterocycles. The molecule has 1 aliphatic rings. The van der Waals surface area contributed by atoms with E-state index >= 15 is 0 Å². The number of barbiturate groups is 1. The van der Waals surface area contributed by atoms with Crippen LogP contribution >= 0.6 is 23.2 Å². The second-order valence-corrected chi connectivity index (χ2v) is 7.67. The molecule has 0 atom stereocenters. The summed E-state index contributed by atoms with van der Waals surface area (Å²) in [6, 6.07) is 13.9. The Morgan fingerprint density at radius 2 is 1.67 bits per heavy atom. The van der Waals surface area contributed by atoms with E-state index in [0.717, 1.165) is 0 Å². The van der Waals surface area contributed by atoms with Crippen molar-refractivity contribution in [1.29, 1.82) is 0 Å². The Morgan fingerprint density at radius 3 is 2.39 bits per heavy atom. The van der Waals surface area contributed by atoms with Crippen molar-refractivity contribution in [2.24, 2.45) is 0 Å². The number of carbonyl (C=O) groups is 4. The van der Waals surface area contributed by atoms with Crippen LogP contribution in [0.4, 0.5) is 4.79 Å². The number of ether oxygens (including phenoxy) is 1. The van der Waals surface area contributed by atoms with Gasteiger partial charge in [-0.2, -0.15) is 0 Å². The molecule has 1 saturated heterocycles. The minimum absolute atomic E-state index is 0.0236. The molecule has 0 spiro atoms. The van der Waals surface area contributed by atoms with Crippen LogP contribution in [0.2, 0.25) is 10.0 Å². The zero-order valence-electron chi connectivity index (χ0n) is 16.7. The lowest BCUT2D eigenvalue weighted by atomic mass is 10.1. The molecule has 10 heteroatoms. The second-order valence-electron chi connectivity index (χ2n) is 6.86. The van der Waals surface area contributed by atoms with Crippen molar-refractivity contribution in [3.63, 3.8) is 0 Å². The third kappa shape index (κ3) is 4.97. The number of esters is 1. The Kier molecular flexibility index (Phi) is 6.30. The number of nitrogens with one attached hydrogen (secondary N) is 2. The zero-order valence-corrected chi connectivity index (χ0v) is 18.2. The van der Waals surface area contributed by atoms with Gasteiger partial charge in [-0.1, -0.05) is 41.4 Å².